The summed E-state index contributed by atoms with van der Waals surface area (Å²) in [7, 11) is 1.98. The van der Waals surface area contributed by atoms with Crippen LogP contribution >= 0.6 is 0 Å². The molecule has 3 heteroatoms. The molecule has 2 heterocycles. The van der Waals surface area contributed by atoms with Gasteiger partial charge in [0.2, 0.25) is 0 Å². The van der Waals surface area contributed by atoms with E-state index in [-0.39, 0.29) is 0 Å². The lowest BCUT2D eigenvalue weighted by Crippen LogP contribution is -2.44. The van der Waals surface area contributed by atoms with Crippen LogP contribution in [0.25, 0.3) is 0 Å². The maximum atomic E-state index is 7.97. The van der Waals surface area contributed by atoms with Gasteiger partial charge in [-0.25, -0.2) is 0 Å². The van der Waals surface area contributed by atoms with E-state index in [2.05, 4.69) is 23.1 Å². The van der Waals surface area contributed by atoms with Crippen molar-refractivity contribution >= 4 is 11.6 Å². The van der Waals surface area contributed by atoms with E-state index in [0.717, 1.165) is 19.5 Å². The van der Waals surface area contributed by atoms with Gasteiger partial charge in [-0.1, -0.05) is 18.2 Å². The molecule has 2 aliphatic heterocycles. The highest BCUT2D eigenvalue weighted by molar-refractivity contribution is 5.98. The molecule has 0 saturated heterocycles. The highest BCUT2D eigenvalue weighted by Gasteiger charge is 2.30. The molecule has 3 nitrogen and oxygen atoms in total. The summed E-state index contributed by atoms with van der Waals surface area (Å²) in [4.78, 5) is 4.12. The van der Waals surface area contributed by atoms with Gasteiger partial charge < -0.3 is 9.80 Å². The van der Waals surface area contributed by atoms with Crippen LogP contribution in [0.1, 0.15) is 11.1 Å². The Morgan fingerprint density at radius 1 is 1.29 bits per heavy atom. The lowest BCUT2D eigenvalue weighted by molar-refractivity contribution is 0.475. The van der Waals surface area contributed by atoms with Crippen molar-refractivity contribution < 1.29 is 0 Å². The number of anilines is 1. The van der Waals surface area contributed by atoms with Crippen LogP contribution in [0.5, 0.6) is 0 Å². The van der Waals surface area contributed by atoms with Gasteiger partial charge in [-0.3, -0.25) is 5.41 Å². The van der Waals surface area contributed by atoms with E-state index in [9.17, 15) is 0 Å². The van der Waals surface area contributed by atoms with E-state index in [4.69, 9.17) is 5.41 Å². The summed E-state index contributed by atoms with van der Waals surface area (Å²) >= 11 is 0. The van der Waals surface area contributed by atoms with Crippen LogP contribution < -0.4 is 4.90 Å². The largest absolute Gasteiger partial charge is 0.341 e. The second-order valence-corrected chi connectivity index (χ2v) is 4.01. The summed E-state index contributed by atoms with van der Waals surface area (Å²) < 4.78 is 0. The summed E-state index contributed by atoms with van der Waals surface area (Å²) in [6.45, 7) is 1.84. The van der Waals surface area contributed by atoms with Gasteiger partial charge >= 0.3 is 0 Å². The molecule has 0 unspecified atom stereocenters. The van der Waals surface area contributed by atoms with E-state index in [1.54, 1.807) is 0 Å². The third kappa shape index (κ3) is 0.842. The first kappa shape index (κ1) is 7.85. The molecule has 0 aliphatic carbocycles. The maximum Gasteiger partial charge on any atom is 0.198 e. The van der Waals surface area contributed by atoms with Crippen molar-refractivity contribution in [2.24, 2.45) is 0 Å². The minimum absolute atomic E-state index is 0.641. The van der Waals surface area contributed by atoms with Gasteiger partial charge in [0.1, 0.15) is 0 Å². The Kier molecular flexibility index (Phi) is 1.40. The zero-order valence-electron chi connectivity index (χ0n) is 8.25. The molecule has 2 aliphatic rings. The highest BCUT2D eigenvalue weighted by atomic mass is 15.4. The second-order valence-electron chi connectivity index (χ2n) is 4.01. The molecule has 0 spiro atoms. The molecule has 14 heavy (non-hydrogen) atoms. The van der Waals surface area contributed by atoms with E-state index in [0.29, 0.717) is 5.96 Å². The van der Waals surface area contributed by atoms with Crippen LogP contribution in [0.15, 0.2) is 18.2 Å². The second kappa shape index (κ2) is 2.50. The summed E-state index contributed by atoms with van der Waals surface area (Å²) in [6, 6.07) is 6.47. The molecule has 0 atom stereocenters. The average Bonchev–Trinajstić information content (AvgIpc) is 2.60. The Morgan fingerprint density at radius 3 is 2.93 bits per heavy atom. The third-order valence-electron chi connectivity index (χ3n) is 3.10. The van der Waals surface area contributed by atoms with Gasteiger partial charge in [-0.2, -0.15) is 0 Å². The van der Waals surface area contributed by atoms with Crippen molar-refractivity contribution in [1.82, 2.24) is 4.90 Å². The number of hydrogen-bond donors (Lipinski definition) is 1. The Labute approximate surface area is 83.4 Å². The van der Waals surface area contributed by atoms with Gasteiger partial charge in [0.15, 0.2) is 5.96 Å². The first-order chi connectivity index (χ1) is 6.77. The molecule has 1 aromatic rings. The highest BCUT2D eigenvalue weighted by Crippen LogP contribution is 2.35. The van der Waals surface area contributed by atoms with Gasteiger partial charge in [0.05, 0.1) is 5.69 Å². The fourth-order valence-electron chi connectivity index (χ4n) is 2.41. The molecule has 3 rings (SSSR count). The van der Waals surface area contributed by atoms with Gasteiger partial charge in [-0.05, 0) is 17.5 Å². The van der Waals surface area contributed by atoms with Crippen molar-refractivity contribution in [3.63, 3.8) is 0 Å². The fraction of sp³-hybridized carbons (Fsp3) is 0.364. The van der Waals surface area contributed by atoms with Crippen LogP contribution in [-0.4, -0.2) is 24.5 Å². The van der Waals surface area contributed by atoms with Gasteiger partial charge in [0.25, 0.3) is 0 Å². The molecule has 1 N–H and O–H groups in total. The SMILES string of the molecule is CN1Cc2cccc3c2N(CC3)C1=N. The number of nitrogens with zero attached hydrogens (tertiary/aromatic N) is 2. The summed E-state index contributed by atoms with van der Waals surface area (Å²) in [5, 5.41) is 7.97. The molecular weight excluding hydrogens is 174 g/mol. The van der Waals surface area contributed by atoms with E-state index in [1.807, 2.05) is 11.9 Å². The number of guanidine groups is 1. The smallest absolute Gasteiger partial charge is 0.198 e. The van der Waals surface area contributed by atoms with Crippen molar-refractivity contribution in [2.45, 2.75) is 13.0 Å². The lowest BCUT2D eigenvalue weighted by Gasteiger charge is -2.34. The minimum Gasteiger partial charge on any atom is -0.341 e. The van der Waals surface area contributed by atoms with Gasteiger partial charge in [0, 0.05) is 20.1 Å². The molecule has 0 saturated carbocycles. The molecule has 72 valence electrons. The minimum atomic E-state index is 0.641. The number of para-hydroxylation sites is 1. The Hall–Kier alpha value is -1.51. The number of rotatable bonds is 0. The third-order valence-corrected chi connectivity index (χ3v) is 3.10. The monoisotopic (exact) mass is 187 g/mol. The Bertz CT molecular complexity index is 411. The van der Waals surface area contributed by atoms with Crippen LogP contribution in [0.4, 0.5) is 5.69 Å². The topological polar surface area (TPSA) is 30.3 Å². The van der Waals surface area contributed by atoms with Gasteiger partial charge in [-0.15, -0.1) is 0 Å². The number of benzene rings is 1. The van der Waals surface area contributed by atoms with E-state index >= 15 is 0 Å². The Morgan fingerprint density at radius 2 is 2.07 bits per heavy atom. The fourth-order valence-corrected chi connectivity index (χ4v) is 2.41. The van der Waals surface area contributed by atoms with Crippen molar-refractivity contribution in [3.8, 4) is 0 Å². The van der Waals surface area contributed by atoms with Crippen molar-refractivity contribution in [1.29, 1.82) is 5.41 Å². The van der Waals surface area contributed by atoms with E-state index in [1.165, 1.54) is 16.8 Å². The standard InChI is InChI=1S/C11H13N3/c1-13-7-9-4-2-3-8-5-6-14(10(8)9)11(13)12/h2-4,12H,5-7H2,1H3. The molecule has 0 radical (unpaired) electrons. The number of nitrogens with one attached hydrogen (secondary N) is 1. The molecule has 0 fully saturated rings. The summed E-state index contributed by atoms with van der Waals surface area (Å²) in [5.41, 5.74) is 4.06. The zero-order valence-corrected chi connectivity index (χ0v) is 8.25. The van der Waals surface area contributed by atoms with Crippen LogP contribution in [0.2, 0.25) is 0 Å². The summed E-state index contributed by atoms with van der Waals surface area (Å²) in [6.07, 6.45) is 1.08. The van der Waals surface area contributed by atoms with Crippen molar-refractivity contribution in [2.75, 3.05) is 18.5 Å². The van der Waals surface area contributed by atoms with Crippen LogP contribution in [0, 0.1) is 5.41 Å². The van der Waals surface area contributed by atoms with Crippen molar-refractivity contribution in [3.05, 3.63) is 29.3 Å². The molecule has 0 bridgehead atoms. The van der Waals surface area contributed by atoms with E-state index < -0.39 is 0 Å². The first-order valence-corrected chi connectivity index (χ1v) is 4.95. The lowest BCUT2D eigenvalue weighted by atomic mass is 10.1. The normalized spacial score (nSPS) is 18.8. The first-order valence-electron chi connectivity index (χ1n) is 4.95. The molecule has 1 aromatic carbocycles. The van der Waals surface area contributed by atoms with Crippen LogP contribution in [0.3, 0.4) is 0 Å². The quantitative estimate of drug-likeness (QED) is 0.666. The number of hydrogen-bond acceptors (Lipinski definition) is 1. The predicted molar refractivity (Wildman–Crippen MR) is 56.7 cm³/mol. The average molecular weight is 187 g/mol. The summed E-state index contributed by atoms with van der Waals surface area (Å²) in [5.74, 6) is 0.641. The maximum absolute atomic E-state index is 7.97. The molecule has 0 aromatic heterocycles. The molecule has 0 amide bonds. The molecular formula is C11H13N3. The zero-order chi connectivity index (χ0) is 9.71. The Balaban J connectivity index is 2.21. The predicted octanol–water partition coefficient (Wildman–Crippen LogP) is 1.43. The van der Waals surface area contributed by atoms with Crippen LogP contribution in [-0.2, 0) is 13.0 Å².